The van der Waals surface area contributed by atoms with Crippen molar-refractivity contribution in [3.8, 4) is 40.4 Å². The smallest absolute Gasteiger partial charge is 0.320 e. The van der Waals surface area contributed by atoms with E-state index in [0.717, 1.165) is 5.69 Å². The molecule has 12 heteroatoms. The summed E-state index contributed by atoms with van der Waals surface area (Å²) in [6.45, 7) is 2.40. The molecule has 1 aliphatic heterocycles. The average molecular weight is 571 g/mol. The Morgan fingerprint density at radius 3 is 2.41 bits per heavy atom. The first kappa shape index (κ1) is 26.6. The quantitative estimate of drug-likeness (QED) is 0.216. The maximum atomic E-state index is 12.0. The van der Waals surface area contributed by atoms with Gasteiger partial charge in [-0.15, -0.1) is 0 Å². The van der Waals surface area contributed by atoms with Gasteiger partial charge >= 0.3 is 5.97 Å². The number of imidazole rings is 1. The average Bonchev–Trinajstić information content (AvgIpc) is 3.62. The number of pyridine rings is 1. The monoisotopic (exact) mass is 570 g/mol. The number of ether oxygens (including phenoxy) is 5. The molecule has 4 aromatic rings. The Morgan fingerprint density at radius 1 is 1.03 bits per heavy atom. The molecule has 0 atom stereocenters. The number of benzene rings is 2. The highest BCUT2D eigenvalue weighted by Crippen LogP contribution is 2.43. The van der Waals surface area contributed by atoms with Crippen molar-refractivity contribution in [3.05, 3.63) is 76.8 Å². The second kappa shape index (κ2) is 11.8. The van der Waals surface area contributed by atoms with Crippen LogP contribution >= 0.6 is 23.2 Å². The van der Waals surface area contributed by atoms with Gasteiger partial charge in [-0.1, -0.05) is 23.2 Å². The highest BCUT2D eigenvalue weighted by Gasteiger charge is 2.23. The minimum absolute atomic E-state index is 0.0348. The summed E-state index contributed by atoms with van der Waals surface area (Å²) in [6, 6.07) is 12.4. The van der Waals surface area contributed by atoms with Crippen LogP contribution in [-0.4, -0.2) is 52.4 Å². The summed E-state index contributed by atoms with van der Waals surface area (Å²) in [4.78, 5) is 22.3. The Bertz CT molecular complexity index is 1460. The molecule has 0 fully saturated rings. The number of hydrogen-bond donors (Lipinski definition) is 0. The Labute approximate surface area is 234 Å². The van der Waals surface area contributed by atoms with E-state index in [1.54, 1.807) is 61.7 Å². The third-order valence-corrected chi connectivity index (χ3v) is 6.43. The SMILES string of the molecule is CCOC(=O)CN(C)Cc1c(Cl)c(Oc2ccc(-n3ccnc3)cc2)nc(Oc2ccc3c(c2)OCO3)c1Cl. The van der Waals surface area contributed by atoms with Crippen LogP contribution in [0, 0.1) is 0 Å². The molecule has 5 rings (SSSR count). The van der Waals surface area contributed by atoms with Gasteiger partial charge < -0.3 is 28.3 Å². The van der Waals surface area contributed by atoms with Crippen molar-refractivity contribution >= 4 is 29.2 Å². The number of likely N-dealkylation sites (N-methyl/N-ethyl adjacent to an activating group) is 1. The summed E-state index contributed by atoms with van der Waals surface area (Å²) in [5.41, 5.74) is 1.38. The van der Waals surface area contributed by atoms with Crippen molar-refractivity contribution in [2.45, 2.75) is 13.5 Å². The lowest BCUT2D eigenvalue weighted by Gasteiger charge is -2.20. The summed E-state index contributed by atoms with van der Waals surface area (Å²) in [7, 11) is 1.75. The number of fused-ring (bicyclic) bond motifs is 1. The maximum absolute atomic E-state index is 12.0. The number of rotatable bonds is 10. The molecule has 0 amide bonds. The molecule has 39 heavy (non-hydrogen) atoms. The predicted molar refractivity (Wildman–Crippen MR) is 144 cm³/mol. The normalized spacial score (nSPS) is 12.0. The lowest BCUT2D eigenvalue weighted by Crippen LogP contribution is -2.27. The van der Waals surface area contributed by atoms with Gasteiger partial charge in [-0.2, -0.15) is 4.98 Å². The lowest BCUT2D eigenvalue weighted by molar-refractivity contribution is -0.144. The van der Waals surface area contributed by atoms with Gasteiger partial charge in [-0.05, 0) is 50.4 Å². The molecule has 0 N–H and O–H groups in total. The molecule has 0 bridgehead atoms. The van der Waals surface area contributed by atoms with Gasteiger partial charge in [0.05, 0.1) is 19.5 Å². The molecule has 0 spiro atoms. The van der Waals surface area contributed by atoms with Crippen LogP contribution in [0.5, 0.6) is 34.8 Å². The van der Waals surface area contributed by atoms with Crippen molar-refractivity contribution in [2.75, 3.05) is 27.0 Å². The molecule has 2 aromatic heterocycles. The van der Waals surface area contributed by atoms with Crippen LogP contribution in [0.4, 0.5) is 0 Å². The van der Waals surface area contributed by atoms with Gasteiger partial charge in [0.25, 0.3) is 0 Å². The third-order valence-electron chi connectivity index (χ3n) is 5.65. The molecule has 3 heterocycles. The molecule has 1 aliphatic rings. The van der Waals surface area contributed by atoms with Crippen LogP contribution in [0.2, 0.25) is 10.0 Å². The van der Waals surface area contributed by atoms with E-state index in [9.17, 15) is 4.79 Å². The first-order chi connectivity index (χ1) is 18.9. The van der Waals surface area contributed by atoms with Crippen molar-refractivity contribution in [1.29, 1.82) is 0 Å². The van der Waals surface area contributed by atoms with Crippen molar-refractivity contribution in [3.63, 3.8) is 0 Å². The summed E-state index contributed by atoms with van der Waals surface area (Å²) < 4.78 is 29.8. The van der Waals surface area contributed by atoms with Crippen molar-refractivity contribution in [1.82, 2.24) is 19.4 Å². The van der Waals surface area contributed by atoms with E-state index in [0.29, 0.717) is 28.6 Å². The predicted octanol–water partition coefficient (Wildman–Crippen LogP) is 5.88. The standard InChI is InChI=1S/C27H24Cl2N4O6/c1-3-35-23(34)14-32(2)13-20-24(28)26(38-18-6-4-17(5-7-18)33-11-10-30-15-33)31-27(25(20)29)39-19-8-9-21-22(12-19)37-16-36-21/h4-12,15H,3,13-14,16H2,1-2H3. The third kappa shape index (κ3) is 6.19. The second-order valence-electron chi connectivity index (χ2n) is 8.49. The second-order valence-corrected chi connectivity index (χ2v) is 9.24. The Kier molecular flexibility index (Phi) is 8.06. The molecule has 0 aliphatic carbocycles. The Balaban J connectivity index is 1.46. The number of esters is 1. The molecule has 0 unspecified atom stereocenters. The van der Waals surface area contributed by atoms with E-state index in [2.05, 4.69) is 9.97 Å². The molecule has 2 aromatic carbocycles. The lowest BCUT2D eigenvalue weighted by atomic mass is 10.2. The van der Waals surface area contributed by atoms with E-state index < -0.39 is 0 Å². The number of carbonyl (C=O) groups is 1. The first-order valence-electron chi connectivity index (χ1n) is 12.0. The van der Waals surface area contributed by atoms with Crippen molar-refractivity contribution < 1.29 is 28.5 Å². The number of carbonyl (C=O) groups excluding carboxylic acids is 1. The van der Waals surface area contributed by atoms with Crippen LogP contribution in [-0.2, 0) is 16.1 Å². The summed E-state index contributed by atoms with van der Waals surface area (Å²) in [6.07, 6.45) is 5.24. The minimum atomic E-state index is -0.368. The fourth-order valence-electron chi connectivity index (χ4n) is 3.83. The number of aromatic nitrogens is 3. The van der Waals surface area contributed by atoms with Crippen LogP contribution in [0.3, 0.4) is 0 Å². The highest BCUT2D eigenvalue weighted by atomic mass is 35.5. The number of nitrogens with zero attached hydrogens (tertiary/aromatic N) is 4. The molecule has 0 radical (unpaired) electrons. The van der Waals surface area contributed by atoms with Gasteiger partial charge in [0, 0.05) is 36.3 Å². The van der Waals surface area contributed by atoms with Crippen LogP contribution in [0.1, 0.15) is 12.5 Å². The summed E-state index contributed by atoms with van der Waals surface area (Å²) in [5, 5.41) is 0.364. The van der Waals surface area contributed by atoms with Crippen molar-refractivity contribution in [2.24, 2.45) is 0 Å². The molecule has 0 saturated carbocycles. The van der Waals surface area contributed by atoms with Gasteiger partial charge in [0.2, 0.25) is 18.6 Å². The molecule has 10 nitrogen and oxygen atoms in total. The largest absolute Gasteiger partial charge is 0.465 e. The van der Waals surface area contributed by atoms with Gasteiger partial charge in [-0.3, -0.25) is 9.69 Å². The molecule has 202 valence electrons. The highest BCUT2D eigenvalue weighted by molar-refractivity contribution is 6.37. The van der Waals surface area contributed by atoms with Crippen LogP contribution < -0.4 is 18.9 Å². The molecular weight excluding hydrogens is 547 g/mol. The first-order valence-corrected chi connectivity index (χ1v) is 12.7. The number of halogens is 2. The summed E-state index contributed by atoms with van der Waals surface area (Å²) >= 11 is 13.5. The van der Waals surface area contributed by atoms with E-state index in [1.807, 2.05) is 22.9 Å². The summed E-state index contributed by atoms with van der Waals surface area (Å²) in [5.74, 6) is 1.88. The topological polar surface area (TPSA) is 97.2 Å². The van der Waals surface area contributed by atoms with E-state index in [1.165, 1.54) is 0 Å². The molecule has 0 saturated heterocycles. The Morgan fingerprint density at radius 2 is 1.72 bits per heavy atom. The van der Waals surface area contributed by atoms with Gasteiger partial charge in [0.15, 0.2) is 11.5 Å². The zero-order valence-corrected chi connectivity index (χ0v) is 22.6. The zero-order valence-electron chi connectivity index (χ0n) is 21.1. The zero-order chi connectivity index (χ0) is 27.4. The van der Waals surface area contributed by atoms with Crippen LogP contribution in [0.25, 0.3) is 5.69 Å². The van der Waals surface area contributed by atoms with E-state index in [4.69, 9.17) is 46.9 Å². The minimum Gasteiger partial charge on any atom is -0.465 e. The fraction of sp³-hybridized carbons (Fsp3) is 0.222. The Hall–Kier alpha value is -3.99. The van der Waals surface area contributed by atoms with Gasteiger partial charge in [0.1, 0.15) is 21.5 Å². The maximum Gasteiger partial charge on any atom is 0.320 e. The molecular formula is C27H24Cl2N4O6. The fourth-order valence-corrected chi connectivity index (χ4v) is 4.35. The van der Waals surface area contributed by atoms with Crippen LogP contribution in [0.15, 0.2) is 61.2 Å². The van der Waals surface area contributed by atoms with E-state index >= 15 is 0 Å². The van der Waals surface area contributed by atoms with Gasteiger partial charge in [-0.25, -0.2) is 4.98 Å². The van der Waals surface area contributed by atoms with E-state index in [-0.39, 0.29) is 54.3 Å². The number of hydrogen-bond acceptors (Lipinski definition) is 9.